The summed E-state index contributed by atoms with van der Waals surface area (Å²) in [5.74, 6) is 9.47. The zero-order valence-electron chi connectivity index (χ0n) is 20.0. The van der Waals surface area contributed by atoms with Crippen LogP contribution in [0.4, 0.5) is 0 Å². The van der Waals surface area contributed by atoms with Gasteiger partial charge in [-0.2, -0.15) is 0 Å². The van der Waals surface area contributed by atoms with Gasteiger partial charge < -0.3 is 0 Å². The minimum atomic E-state index is 0.884. The summed E-state index contributed by atoms with van der Waals surface area (Å²) in [4.78, 5) is 0. The molecular formula is C26H52. The molecule has 0 bridgehead atoms. The van der Waals surface area contributed by atoms with E-state index in [9.17, 15) is 0 Å². The molecule has 6 atom stereocenters. The molecule has 0 radical (unpaired) electrons. The molecular weight excluding hydrogens is 312 g/mol. The topological polar surface area (TPSA) is 0 Å². The van der Waals surface area contributed by atoms with E-state index in [0.29, 0.717) is 0 Å². The second-order valence-corrected chi connectivity index (χ2v) is 11.5. The summed E-state index contributed by atoms with van der Waals surface area (Å²) in [5.41, 5.74) is 0. The minimum absolute atomic E-state index is 0.884. The summed E-state index contributed by atoms with van der Waals surface area (Å²) in [6.45, 7) is 24.0. The molecule has 0 aromatic rings. The van der Waals surface area contributed by atoms with Gasteiger partial charge in [-0.05, 0) is 84.9 Å². The Bertz CT molecular complexity index is 328. The van der Waals surface area contributed by atoms with Crippen molar-refractivity contribution in [3.8, 4) is 0 Å². The summed E-state index contributed by atoms with van der Waals surface area (Å²) in [6.07, 6.45) is 8.82. The number of hydrogen-bond donors (Lipinski definition) is 0. The van der Waals surface area contributed by atoms with Crippen LogP contribution in [0.3, 0.4) is 0 Å². The molecule has 2 fully saturated rings. The second kappa shape index (κ2) is 11.1. The van der Waals surface area contributed by atoms with E-state index in [1.54, 1.807) is 0 Å². The average Bonchev–Trinajstić information content (AvgIpc) is 2.54. The average molecular weight is 365 g/mol. The van der Waals surface area contributed by atoms with Crippen LogP contribution in [0, 0.1) is 59.2 Å². The van der Waals surface area contributed by atoms with Crippen LogP contribution < -0.4 is 0 Å². The molecule has 0 heterocycles. The van der Waals surface area contributed by atoms with Gasteiger partial charge in [-0.15, -0.1) is 0 Å². The molecule has 2 aliphatic rings. The molecule has 0 aromatic heterocycles. The first-order valence-electron chi connectivity index (χ1n) is 12.0. The third-order valence-corrected chi connectivity index (χ3v) is 7.86. The van der Waals surface area contributed by atoms with Gasteiger partial charge >= 0.3 is 0 Å². The van der Waals surface area contributed by atoms with Crippen LogP contribution in [0.2, 0.25) is 0 Å². The van der Waals surface area contributed by atoms with Crippen molar-refractivity contribution in [3.05, 3.63) is 0 Å². The van der Waals surface area contributed by atoms with Crippen LogP contribution in [0.5, 0.6) is 0 Å². The van der Waals surface area contributed by atoms with Gasteiger partial charge in [-0.1, -0.05) is 82.1 Å². The highest BCUT2D eigenvalue weighted by Crippen LogP contribution is 2.42. The molecule has 0 unspecified atom stereocenters. The molecule has 0 aliphatic heterocycles. The van der Waals surface area contributed by atoms with E-state index in [1.165, 1.54) is 38.5 Å². The van der Waals surface area contributed by atoms with Crippen molar-refractivity contribution < 1.29 is 0 Å². The van der Waals surface area contributed by atoms with E-state index in [1.807, 2.05) is 0 Å². The van der Waals surface area contributed by atoms with Gasteiger partial charge in [-0.3, -0.25) is 0 Å². The Hall–Kier alpha value is 0. The molecule has 156 valence electrons. The third-order valence-electron chi connectivity index (χ3n) is 7.86. The van der Waals surface area contributed by atoms with Crippen LogP contribution in [0.15, 0.2) is 0 Å². The monoisotopic (exact) mass is 364 g/mol. The molecule has 2 saturated carbocycles. The van der Waals surface area contributed by atoms with Crippen LogP contribution in [0.25, 0.3) is 0 Å². The SMILES string of the molecule is CC(C)[C@@H]1CC[C@@H](C)C[C@H]1C(C)C.CC(C)[C@H]1CC[C@H](C)C[C@@H]1C(C)C. The van der Waals surface area contributed by atoms with Gasteiger partial charge in [0, 0.05) is 0 Å². The van der Waals surface area contributed by atoms with E-state index in [0.717, 1.165) is 59.2 Å². The molecule has 0 N–H and O–H groups in total. The maximum Gasteiger partial charge on any atom is -0.0358 e. The first-order chi connectivity index (χ1) is 12.0. The normalized spacial score (nSPS) is 35.8. The quantitative estimate of drug-likeness (QED) is 0.468. The van der Waals surface area contributed by atoms with E-state index in [-0.39, 0.29) is 0 Å². The van der Waals surface area contributed by atoms with Crippen molar-refractivity contribution in [1.82, 2.24) is 0 Å². The van der Waals surface area contributed by atoms with E-state index < -0.39 is 0 Å². The summed E-state index contributed by atoms with van der Waals surface area (Å²) < 4.78 is 0. The maximum atomic E-state index is 2.42. The zero-order valence-corrected chi connectivity index (χ0v) is 20.0. The maximum absolute atomic E-state index is 2.42. The minimum Gasteiger partial charge on any atom is -0.0625 e. The molecule has 2 aliphatic carbocycles. The lowest BCUT2D eigenvalue weighted by Crippen LogP contribution is -2.30. The molecule has 0 amide bonds. The van der Waals surface area contributed by atoms with Gasteiger partial charge in [0.1, 0.15) is 0 Å². The molecule has 0 heteroatoms. The fourth-order valence-corrected chi connectivity index (χ4v) is 6.09. The van der Waals surface area contributed by atoms with Gasteiger partial charge in [-0.25, -0.2) is 0 Å². The predicted molar refractivity (Wildman–Crippen MR) is 119 cm³/mol. The van der Waals surface area contributed by atoms with E-state index >= 15 is 0 Å². The van der Waals surface area contributed by atoms with Crippen LogP contribution >= 0.6 is 0 Å². The molecule has 0 nitrogen and oxygen atoms in total. The first kappa shape index (κ1) is 24.0. The van der Waals surface area contributed by atoms with Crippen molar-refractivity contribution in [1.29, 1.82) is 0 Å². The zero-order chi connectivity index (χ0) is 20.0. The molecule has 2 rings (SSSR count). The summed E-state index contributed by atoms with van der Waals surface area (Å²) in [7, 11) is 0. The number of hydrogen-bond acceptors (Lipinski definition) is 0. The Balaban J connectivity index is 0.000000260. The summed E-state index contributed by atoms with van der Waals surface area (Å²) in [5, 5.41) is 0. The molecule has 0 saturated heterocycles. The molecule has 26 heavy (non-hydrogen) atoms. The van der Waals surface area contributed by atoms with E-state index in [4.69, 9.17) is 0 Å². The molecule has 0 aromatic carbocycles. The summed E-state index contributed by atoms with van der Waals surface area (Å²) >= 11 is 0. The van der Waals surface area contributed by atoms with Crippen molar-refractivity contribution in [2.24, 2.45) is 59.2 Å². The fraction of sp³-hybridized carbons (Fsp3) is 1.00. The van der Waals surface area contributed by atoms with Gasteiger partial charge in [0.25, 0.3) is 0 Å². The van der Waals surface area contributed by atoms with Crippen LogP contribution in [0.1, 0.15) is 108 Å². The van der Waals surface area contributed by atoms with Crippen molar-refractivity contribution in [2.45, 2.75) is 108 Å². The van der Waals surface area contributed by atoms with Gasteiger partial charge in [0.15, 0.2) is 0 Å². The van der Waals surface area contributed by atoms with Gasteiger partial charge in [0.05, 0.1) is 0 Å². The van der Waals surface area contributed by atoms with Crippen LogP contribution in [-0.4, -0.2) is 0 Å². The largest absolute Gasteiger partial charge is 0.0625 e. The fourth-order valence-electron chi connectivity index (χ4n) is 6.09. The Kier molecular flexibility index (Phi) is 10.3. The smallest absolute Gasteiger partial charge is 0.0358 e. The lowest BCUT2D eigenvalue weighted by atomic mass is 9.66. The van der Waals surface area contributed by atoms with Gasteiger partial charge in [0.2, 0.25) is 0 Å². The Morgan fingerprint density at radius 3 is 0.923 bits per heavy atom. The highest BCUT2D eigenvalue weighted by molar-refractivity contribution is 4.83. The highest BCUT2D eigenvalue weighted by atomic mass is 14.4. The Labute approximate surface area is 167 Å². The Morgan fingerprint density at radius 1 is 0.423 bits per heavy atom. The lowest BCUT2D eigenvalue weighted by molar-refractivity contribution is 0.106. The van der Waals surface area contributed by atoms with E-state index in [2.05, 4.69) is 69.2 Å². The third kappa shape index (κ3) is 7.20. The van der Waals surface area contributed by atoms with Crippen LogP contribution in [-0.2, 0) is 0 Å². The van der Waals surface area contributed by atoms with Crippen molar-refractivity contribution >= 4 is 0 Å². The molecule has 0 spiro atoms. The second-order valence-electron chi connectivity index (χ2n) is 11.5. The number of rotatable bonds is 4. The first-order valence-corrected chi connectivity index (χ1v) is 12.0. The lowest BCUT2D eigenvalue weighted by Gasteiger charge is -2.39. The standard InChI is InChI=1S/2C13H26/c2*1-9(2)12-7-6-11(5)8-13(12)10(3)4/h2*9-13H,6-8H2,1-5H3/t2*11-,12+,13+/m10/s1. The van der Waals surface area contributed by atoms with Crippen molar-refractivity contribution in [3.63, 3.8) is 0 Å². The highest BCUT2D eigenvalue weighted by Gasteiger charge is 2.33. The predicted octanol–water partition coefficient (Wildman–Crippen LogP) is 8.70. The van der Waals surface area contributed by atoms with Crippen molar-refractivity contribution in [2.75, 3.05) is 0 Å². The summed E-state index contributed by atoms with van der Waals surface area (Å²) in [6, 6.07) is 0. The Morgan fingerprint density at radius 2 is 0.692 bits per heavy atom.